The summed E-state index contributed by atoms with van der Waals surface area (Å²) >= 11 is 0. The summed E-state index contributed by atoms with van der Waals surface area (Å²) in [7, 11) is -3.98. The lowest BCUT2D eigenvalue weighted by molar-refractivity contribution is 0.593. The number of aryl methyl sites for hydroxylation is 2. The number of nitrogens with zero attached hydrogens (tertiary/aromatic N) is 1. The molecule has 0 amide bonds. The van der Waals surface area contributed by atoms with Crippen LogP contribution in [0.1, 0.15) is 11.1 Å². The molecule has 0 saturated heterocycles. The van der Waals surface area contributed by atoms with Crippen LogP contribution >= 0.6 is 0 Å². The van der Waals surface area contributed by atoms with Crippen molar-refractivity contribution in [3.63, 3.8) is 0 Å². The second kappa shape index (κ2) is 5.16. The van der Waals surface area contributed by atoms with Gasteiger partial charge in [0, 0.05) is 6.20 Å². The standard InChI is InChI=1S/C13H12F2N2O2S/c1-8-5-10(6-9(2)13(8)15)20(18,19)17-12-3-4-16-7-11(12)14/h3-7H,1-2H3,(H,16,17). The molecule has 0 radical (unpaired) electrons. The quantitative estimate of drug-likeness (QED) is 0.948. The van der Waals surface area contributed by atoms with Gasteiger partial charge in [-0.1, -0.05) is 0 Å². The highest BCUT2D eigenvalue weighted by Crippen LogP contribution is 2.22. The van der Waals surface area contributed by atoms with E-state index in [9.17, 15) is 17.2 Å². The second-order valence-electron chi connectivity index (χ2n) is 4.33. The number of sulfonamides is 1. The van der Waals surface area contributed by atoms with Crippen molar-refractivity contribution in [1.29, 1.82) is 0 Å². The Bertz CT molecular complexity index is 738. The van der Waals surface area contributed by atoms with E-state index in [2.05, 4.69) is 9.71 Å². The maximum atomic E-state index is 13.5. The number of halogens is 2. The van der Waals surface area contributed by atoms with E-state index in [1.54, 1.807) is 0 Å². The van der Waals surface area contributed by atoms with E-state index >= 15 is 0 Å². The minimum Gasteiger partial charge on any atom is -0.277 e. The van der Waals surface area contributed by atoms with Crippen LogP contribution in [0.2, 0.25) is 0 Å². The van der Waals surface area contributed by atoms with E-state index < -0.39 is 21.7 Å². The summed E-state index contributed by atoms with van der Waals surface area (Å²) in [6.45, 7) is 2.93. The lowest BCUT2D eigenvalue weighted by Crippen LogP contribution is -2.15. The normalized spacial score (nSPS) is 11.4. The van der Waals surface area contributed by atoms with E-state index in [0.717, 1.165) is 6.20 Å². The number of benzene rings is 1. The first kappa shape index (κ1) is 14.4. The van der Waals surface area contributed by atoms with E-state index in [-0.39, 0.29) is 21.7 Å². The fraction of sp³-hybridized carbons (Fsp3) is 0.154. The zero-order valence-corrected chi connectivity index (χ0v) is 11.6. The maximum Gasteiger partial charge on any atom is 0.262 e. The Morgan fingerprint density at radius 2 is 1.75 bits per heavy atom. The maximum absolute atomic E-state index is 13.5. The van der Waals surface area contributed by atoms with E-state index in [1.165, 1.54) is 38.2 Å². The van der Waals surface area contributed by atoms with Crippen molar-refractivity contribution in [2.45, 2.75) is 18.7 Å². The molecular formula is C13H12F2N2O2S. The molecule has 1 aromatic heterocycles. The highest BCUT2D eigenvalue weighted by atomic mass is 32.2. The van der Waals surface area contributed by atoms with Gasteiger partial charge in [-0.05, 0) is 43.2 Å². The van der Waals surface area contributed by atoms with Gasteiger partial charge in [-0.15, -0.1) is 0 Å². The topological polar surface area (TPSA) is 59.1 Å². The van der Waals surface area contributed by atoms with Crippen LogP contribution in [0.4, 0.5) is 14.5 Å². The molecule has 106 valence electrons. The van der Waals surface area contributed by atoms with Crippen LogP contribution < -0.4 is 4.72 Å². The molecule has 0 aliphatic rings. The predicted octanol–water partition coefficient (Wildman–Crippen LogP) is 2.78. The van der Waals surface area contributed by atoms with Gasteiger partial charge < -0.3 is 0 Å². The lowest BCUT2D eigenvalue weighted by atomic mass is 10.1. The Morgan fingerprint density at radius 1 is 1.15 bits per heavy atom. The first-order chi connectivity index (χ1) is 9.31. The van der Waals surface area contributed by atoms with Crippen molar-refractivity contribution in [1.82, 2.24) is 4.98 Å². The molecule has 2 rings (SSSR count). The average Bonchev–Trinajstić information content (AvgIpc) is 2.38. The summed E-state index contributed by atoms with van der Waals surface area (Å²) < 4.78 is 53.3. The molecule has 1 heterocycles. The average molecular weight is 298 g/mol. The monoisotopic (exact) mass is 298 g/mol. The van der Waals surface area contributed by atoms with Gasteiger partial charge in [0.1, 0.15) is 5.82 Å². The molecule has 0 fully saturated rings. The Hall–Kier alpha value is -2.02. The van der Waals surface area contributed by atoms with Gasteiger partial charge in [0.05, 0.1) is 16.8 Å². The molecule has 0 bridgehead atoms. The molecule has 1 N–H and O–H groups in total. The molecule has 0 aliphatic heterocycles. The highest BCUT2D eigenvalue weighted by Gasteiger charge is 2.18. The Labute approximate surface area is 115 Å². The molecular weight excluding hydrogens is 286 g/mol. The number of hydrogen-bond donors (Lipinski definition) is 1. The molecule has 2 aromatic rings. The number of hydrogen-bond acceptors (Lipinski definition) is 3. The minimum absolute atomic E-state index is 0.120. The van der Waals surface area contributed by atoms with E-state index in [4.69, 9.17) is 0 Å². The summed E-state index contributed by atoms with van der Waals surface area (Å²) in [6.07, 6.45) is 2.17. The Balaban J connectivity index is 2.44. The number of nitrogens with one attached hydrogen (secondary N) is 1. The summed E-state index contributed by atoms with van der Waals surface area (Å²) in [6, 6.07) is 3.60. The third-order valence-corrected chi connectivity index (χ3v) is 4.08. The van der Waals surface area contributed by atoms with Crippen LogP contribution in [0.5, 0.6) is 0 Å². The zero-order valence-electron chi connectivity index (χ0n) is 10.8. The summed E-state index contributed by atoms with van der Waals surface area (Å²) in [5.41, 5.74) is 0.209. The lowest BCUT2D eigenvalue weighted by Gasteiger charge is -2.10. The molecule has 0 spiro atoms. The van der Waals surface area contributed by atoms with Crippen molar-refractivity contribution < 1.29 is 17.2 Å². The molecule has 0 aliphatic carbocycles. The predicted molar refractivity (Wildman–Crippen MR) is 70.9 cm³/mol. The fourth-order valence-electron chi connectivity index (χ4n) is 1.72. The molecule has 0 atom stereocenters. The minimum atomic E-state index is -3.98. The van der Waals surface area contributed by atoms with Gasteiger partial charge in [-0.25, -0.2) is 17.2 Å². The van der Waals surface area contributed by atoms with E-state index in [1.807, 2.05) is 0 Å². The number of pyridine rings is 1. The van der Waals surface area contributed by atoms with Crippen LogP contribution in [0.3, 0.4) is 0 Å². The summed E-state index contributed by atoms with van der Waals surface area (Å²) in [5, 5.41) is 0. The van der Waals surface area contributed by atoms with Gasteiger partial charge in [0.2, 0.25) is 0 Å². The SMILES string of the molecule is Cc1cc(S(=O)(=O)Nc2ccncc2F)cc(C)c1F. The third kappa shape index (κ3) is 2.77. The van der Waals surface area contributed by atoms with Gasteiger partial charge in [0.15, 0.2) is 5.82 Å². The van der Waals surface area contributed by atoms with Crippen molar-refractivity contribution in [3.8, 4) is 0 Å². The third-order valence-electron chi connectivity index (χ3n) is 2.74. The van der Waals surface area contributed by atoms with Gasteiger partial charge in [-0.3, -0.25) is 9.71 Å². The number of anilines is 1. The first-order valence-electron chi connectivity index (χ1n) is 5.70. The molecule has 4 nitrogen and oxygen atoms in total. The summed E-state index contributed by atoms with van der Waals surface area (Å²) in [5.74, 6) is -1.24. The number of rotatable bonds is 3. The molecule has 0 saturated carbocycles. The van der Waals surface area contributed by atoms with Gasteiger partial charge >= 0.3 is 0 Å². The summed E-state index contributed by atoms with van der Waals surface area (Å²) in [4.78, 5) is 3.41. The van der Waals surface area contributed by atoms with Crippen LogP contribution in [0, 0.1) is 25.5 Å². The van der Waals surface area contributed by atoms with Crippen molar-refractivity contribution in [2.75, 3.05) is 4.72 Å². The zero-order chi connectivity index (χ0) is 14.9. The van der Waals surface area contributed by atoms with Crippen LogP contribution in [0.15, 0.2) is 35.5 Å². The van der Waals surface area contributed by atoms with E-state index in [0.29, 0.717) is 0 Å². The Kier molecular flexibility index (Phi) is 3.71. The molecule has 7 heteroatoms. The van der Waals surface area contributed by atoms with Crippen LogP contribution in [-0.4, -0.2) is 13.4 Å². The highest BCUT2D eigenvalue weighted by molar-refractivity contribution is 7.92. The molecule has 20 heavy (non-hydrogen) atoms. The fourth-order valence-corrected chi connectivity index (χ4v) is 2.96. The second-order valence-corrected chi connectivity index (χ2v) is 6.01. The number of aromatic nitrogens is 1. The van der Waals surface area contributed by atoms with Gasteiger partial charge in [-0.2, -0.15) is 0 Å². The van der Waals surface area contributed by atoms with Crippen LogP contribution in [0.25, 0.3) is 0 Å². The molecule has 0 unspecified atom stereocenters. The smallest absolute Gasteiger partial charge is 0.262 e. The van der Waals surface area contributed by atoms with Crippen molar-refractivity contribution in [3.05, 3.63) is 53.4 Å². The van der Waals surface area contributed by atoms with Crippen molar-refractivity contribution in [2.24, 2.45) is 0 Å². The van der Waals surface area contributed by atoms with Crippen molar-refractivity contribution >= 4 is 15.7 Å². The largest absolute Gasteiger partial charge is 0.277 e. The van der Waals surface area contributed by atoms with Gasteiger partial charge in [0.25, 0.3) is 10.0 Å². The molecule has 1 aromatic carbocycles. The first-order valence-corrected chi connectivity index (χ1v) is 7.18. The van der Waals surface area contributed by atoms with Crippen LogP contribution in [-0.2, 0) is 10.0 Å². The Morgan fingerprint density at radius 3 is 2.30 bits per heavy atom.